The van der Waals surface area contributed by atoms with Crippen molar-refractivity contribution >= 4 is 22.9 Å². The highest BCUT2D eigenvalue weighted by Crippen LogP contribution is 2.37. The van der Waals surface area contributed by atoms with Crippen LogP contribution in [0.25, 0.3) is 17.0 Å². The van der Waals surface area contributed by atoms with Gasteiger partial charge in [-0.2, -0.15) is 28.1 Å². The lowest BCUT2D eigenvalue weighted by Crippen LogP contribution is -2.37. The summed E-state index contributed by atoms with van der Waals surface area (Å²) in [6.07, 6.45) is -3.06. The number of hydrogen-bond donors (Lipinski definition) is 1. The molecule has 1 aliphatic carbocycles. The van der Waals surface area contributed by atoms with Crippen LogP contribution in [0.4, 0.5) is 25.1 Å². The van der Waals surface area contributed by atoms with Gasteiger partial charge in [0.2, 0.25) is 23.7 Å². The summed E-state index contributed by atoms with van der Waals surface area (Å²) < 4.78 is 54.0. The van der Waals surface area contributed by atoms with Crippen LogP contribution in [0.3, 0.4) is 0 Å². The Balaban J connectivity index is 1.47. The zero-order valence-corrected chi connectivity index (χ0v) is 20.0. The van der Waals surface area contributed by atoms with Crippen molar-refractivity contribution in [2.24, 2.45) is 0 Å². The van der Waals surface area contributed by atoms with Gasteiger partial charge in [0.1, 0.15) is 5.75 Å². The van der Waals surface area contributed by atoms with Crippen LogP contribution in [0.2, 0.25) is 0 Å². The third-order valence-electron chi connectivity index (χ3n) is 6.65. The first-order valence-corrected chi connectivity index (χ1v) is 12.0. The number of para-hydroxylation sites is 2. The average molecular weight is 512 g/mol. The summed E-state index contributed by atoms with van der Waals surface area (Å²) in [6.45, 7) is 1.98. The number of methoxy groups -OCH3 is 1. The van der Waals surface area contributed by atoms with Gasteiger partial charge in [0.25, 0.3) is 0 Å². The molecule has 2 aromatic heterocycles. The van der Waals surface area contributed by atoms with Crippen LogP contribution >= 0.6 is 0 Å². The van der Waals surface area contributed by atoms with Crippen molar-refractivity contribution in [1.29, 1.82) is 0 Å². The fourth-order valence-corrected chi connectivity index (χ4v) is 4.85. The number of fused-ring (bicyclic) bond motifs is 2. The highest BCUT2D eigenvalue weighted by Gasteiger charge is 2.39. The first kappa shape index (κ1) is 23.5. The summed E-state index contributed by atoms with van der Waals surface area (Å²) in [5.41, 5.74) is 2.70. The van der Waals surface area contributed by atoms with Crippen molar-refractivity contribution in [2.45, 2.75) is 25.1 Å². The monoisotopic (exact) mass is 511 g/mol. The number of hydrogen-bond acceptors (Lipinski definition) is 8. The molecule has 6 rings (SSSR count). The molecular weight excluding hydrogens is 487 g/mol. The molecule has 1 N–H and O–H groups in total. The van der Waals surface area contributed by atoms with E-state index in [-0.39, 0.29) is 34.9 Å². The standard InChI is InChI=1S/C25H24F3N7O2/c1-36-16-8-6-15-7-9-18(17(15)14-16)30-22-31-23(34-10-12-37-13-11-34)33-24(32-22)35-20-5-3-2-4-19(20)29-21(35)25(26,27)28/h2-6,8,14,18H,7,9-13H2,1H3,(H,30,31,32,33). The molecule has 3 heterocycles. The van der Waals surface area contributed by atoms with E-state index in [9.17, 15) is 13.2 Å². The number of aromatic nitrogens is 5. The first-order valence-electron chi connectivity index (χ1n) is 12.0. The summed E-state index contributed by atoms with van der Waals surface area (Å²) in [7, 11) is 1.61. The smallest absolute Gasteiger partial charge is 0.450 e. The molecule has 9 nitrogen and oxygen atoms in total. The lowest BCUT2D eigenvalue weighted by atomic mass is 10.1. The Morgan fingerprint density at radius 1 is 1.00 bits per heavy atom. The number of rotatable bonds is 5. The number of halogens is 3. The van der Waals surface area contributed by atoms with Crippen molar-refractivity contribution in [3.8, 4) is 11.7 Å². The van der Waals surface area contributed by atoms with E-state index in [2.05, 4.69) is 25.3 Å². The van der Waals surface area contributed by atoms with Crippen molar-refractivity contribution < 1.29 is 22.6 Å². The second-order valence-electron chi connectivity index (χ2n) is 8.92. The van der Waals surface area contributed by atoms with Crippen LogP contribution in [0.1, 0.15) is 29.4 Å². The minimum atomic E-state index is -4.71. The molecule has 2 aliphatic rings. The molecule has 12 heteroatoms. The van der Waals surface area contributed by atoms with Gasteiger partial charge in [0.05, 0.1) is 37.4 Å². The molecule has 37 heavy (non-hydrogen) atoms. The van der Waals surface area contributed by atoms with E-state index in [0.29, 0.717) is 26.3 Å². The van der Waals surface area contributed by atoms with Crippen molar-refractivity contribution in [2.75, 3.05) is 43.6 Å². The van der Waals surface area contributed by atoms with E-state index in [1.807, 2.05) is 23.1 Å². The third-order valence-corrected chi connectivity index (χ3v) is 6.65. The maximum atomic E-state index is 14.1. The molecule has 2 aromatic carbocycles. The van der Waals surface area contributed by atoms with Gasteiger partial charge in [0.15, 0.2) is 0 Å². The summed E-state index contributed by atoms with van der Waals surface area (Å²) in [4.78, 5) is 19.3. The molecule has 1 atom stereocenters. The quantitative estimate of drug-likeness (QED) is 0.427. The van der Waals surface area contributed by atoms with Gasteiger partial charge in [-0.1, -0.05) is 18.2 Å². The lowest BCUT2D eigenvalue weighted by Gasteiger charge is -2.27. The fraction of sp³-hybridized carbons (Fsp3) is 0.360. The topological polar surface area (TPSA) is 90.2 Å². The Hall–Kier alpha value is -3.93. The molecule has 4 aromatic rings. The molecule has 192 valence electrons. The van der Waals surface area contributed by atoms with Gasteiger partial charge >= 0.3 is 6.18 Å². The van der Waals surface area contributed by atoms with Crippen LogP contribution in [0, 0.1) is 0 Å². The number of benzene rings is 2. The van der Waals surface area contributed by atoms with Gasteiger partial charge < -0.3 is 19.7 Å². The predicted octanol–water partition coefficient (Wildman–Crippen LogP) is 4.17. The van der Waals surface area contributed by atoms with Gasteiger partial charge in [-0.3, -0.25) is 4.57 Å². The number of nitrogens with one attached hydrogen (secondary N) is 1. The number of aryl methyl sites for hydroxylation is 1. The van der Waals surface area contributed by atoms with Gasteiger partial charge in [-0.05, 0) is 48.2 Å². The number of morpholine rings is 1. The molecule has 1 saturated heterocycles. The van der Waals surface area contributed by atoms with Crippen molar-refractivity contribution in [3.63, 3.8) is 0 Å². The Labute approximate surface area is 210 Å². The number of alkyl halides is 3. The molecule has 1 unspecified atom stereocenters. The number of imidazole rings is 1. The SMILES string of the molecule is COc1ccc2c(c1)C(Nc1nc(N3CCOCC3)nc(-n3c(C(F)(F)F)nc4ccccc43)n1)CC2. The molecule has 0 spiro atoms. The summed E-state index contributed by atoms with van der Waals surface area (Å²) in [6, 6.07) is 12.2. The Kier molecular flexibility index (Phi) is 5.82. The Morgan fingerprint density at radius 3 is 2.57 bits per heavy atom. The highest BCUT2D eigenvalue weighted by molar-refractivity contribution is 5.77. The molecule has 0 radical (unpaired) electrons. The maximum Gasteiger partial charge on any atom is 0.450 e. The summed E-state index contributed by atoms with van der Waals surface area (Å²) >= 11 is 0. The van der Waals surface area contributed by atoms with E-state index in [1.54, 1.807) is 25.3 Å². The van der Waals surface area contributed by atoms with Crippen LogP contribution in [0.5, 0.6) is 5.75 Å². The largest absolute Gasteiger partial charge is 0.497 e. The van der Waals surface area contributed by atoms with Gasteiger partial charge in [0, 0.05) is 13.1 Å². The number of ether oxygens (including phenoxy) is 2. The zero-order valence-electron chi connectivity index (χ0n) is 20.0. The van der Waals surface area contributed by atoms with Crippen molar-refractivity contribution in [1.82, 2.24) is 24.5 Å². The predicted molar refractivity (Wildman–Crippen MR) is 130 cm³/mol. The van der Waals surface area contributed by atoms with Crippen LogP contribution < -0.4 is 15.0 Å². The maximum absolute atomic E-state index is 14.1. The normalized spacial score (nSPS) is 17.7. The van der Waals surface area contributed by atoms with Crippen LogP contribution in [0.15, 0.2) is 42.5 Å². The van der Waals surface area contributed by atoms with Crippen molar-refractivity contribution in [3.05, 3.63) is 59.4 Å². The average Bonchev–Trinajstić information content (AvgIpc) is 3.50. The Bertz CT molecular complexity index is 1450. The van der Waals surface area contributed by atoms with Crippen LogP contribution in [-0.4, -0.2) is 57.9 Å². The first-order chi connectivity index (χ1) is 17.9. The second kappa shape index (κ2) is 9.18. The second-order valence-corrected chi connectivity index (χ2v) is 8.92. The van der Waals surface area contributed by atoms with E-state index < -0.39 is 12.0 Å². The minimum Gasteiger partial charge on any atom is -0.497 e. The lowest BCUT2D eigenvalue weighted by molar-refractivity contribution is -0.145. The molecule has 1 fully saturated rings. The zero-order chi connectivity index (χ0) is 25.6. The van der Waals surface area contributed by atoms with Gasteiger partial charge in [-0.15, -0.1) is 0 Å². The molecule has 0 saturated carbocycles. The molecule has 1 aliphatic heterocycles. The fourth-order valence-electron chi connectivity index (χ4n) is 4.85. The van der Waals surface area contributed by atoms with E-state index in [0.717, 1.165) is 28.7 Å². The number of nitrogens with zero attached hydrogens (tertiary/aromatic N) is 6. The van der Waals surface area contributed by atoms with Crippen LogP contribution in [-0.2, 0) is 17.3 Å². The summed E-state index contributed by atoms with van der Waals surface area (Å²) in [5.74, 6) is -0.0280. The summed E-state index contributed by atoms with van der Waals surface area (Å²) in [5, 5.41) is 3.35. The highest BCUT2D eigenvalue weighted by atomic mass is 19.4. The molecular formula is C25H24F3N7O2. The molecule has 0 bridgehead atoms. The van der Waals surface area contributed by atoms with Gasteiger partial charge in [-0.25, -0.2) is 4.98 Å². The Morgan fingerprint density at radius 2 is 1.78 bits per heavy atom. The minimum absolute atomic E-state index is 0.125. The van der Waals surface area contributed by atoms with E-state index >= 15 is 0 Å². The van der Waals surface area contributed by atoms with E-state index in [4.69, 9.17) is 9.47 Å². The van der Waals surface area contributed by atoms with E-state index in [1.165, 1.54) is 11.6 Å². The molecule has 0 amide bonds. The third kappa shape index (κ3) is 4.41. The number of anilines is 2.